The van der Waals surface area contributed by atoms with Gasteiger partial charge in [0.1, 0.15) is 11.5 Å². The van der Waals surface area contributed by atoms with Crippen molar-refractivity contribution >= 4 is 11.6 Å². The number of amides is 1. The second-order valence-corrected chi connectivity index (χ2v) is 6.92. The SMILES string of the molecule is COc1ccc(N(Cc2ccc(O)cc2)C(=O)CN2CCN(C)CC2)cc1. The highest BCUT2D eigenvalue weighted by Gasteiger charge is 2.22. The molecule has 0 spiro atoms. The largest absolute Gasteiger partial charge is 0.508 e. The van der Waals surface area contributed by atoms with Gasteiger partial charge in [0.05, 0.1) is 20.2 Å². The Hall–Kier alpha value is -2.57. The van der Waals surface area contributed by atoms with Gasteiger partial charge in [-0.05, 0) is 49.0 Å². The summed E-state index contributed by atoms with van der Waals surface area (Å²) in [7, 11) is 3.73. The number of benzene rings is 2. The number of aromatic hydroxyl groups is 1. The second-order valence-electron chi connectivity index (χ2n) is 6.92. The first-order chi connectivity index (χ1) is 13.0. The van der Waals surface area contributed by atoms with Crippen LogP contribution >= 0.6 is 0 Å². The molecule has 1 aliphatic rings. The van der Waals surface area contributed by atoms with Gasteiger partial charge in [-0.3, -0.25) is 9.69 Å². The van der Waals surface area contributed by atoms with Gasteiger partial charge >= 0.3 is 0 Å². The highest BCUT2D eigenvalue weighted by molar-refractivity contribution is 5.94. The van der Waals surface area contributed by atoms with Crippen molar-refractivity contribution in [3.8, 4) is 11.5 Å². The van der Waals surface area contributed by atoms with Crippen LogP contribution in [0.3, 0.4) is 0 Å². The van der Waals surface area contributed by atoms with Crippen LogP contribution in [0.5, 0.6) is 11.5 Å². The third-order valence-electron chi connectivity index (χ3n) is 4.92. The number of ether oxygens (including phenoxy) is 1. The Morgan fingerprint density at radius 2 is 1.67 bits per heavy atom. The molecule has 6 nitrogen and oxygen atoms in total. The number of likely N-dealkylation sites (N-methyl/N-ethyl adjacent to an activating group) is 1. The summed E-state index contributed by atoms with van der Waals surface area (Å²) >= 11 is 0. The van der Waals surface area contributed by atoms with Crippen molar-refractivity contribution < 1.29 is 14.6 Å². The van der Waals surface area contributed by atoms with E-state index in [1.54, 1.807) is 24.1 Å². The first-order valence-corrected chi connectivity index (χ1v) is 9.18. The van der Waals surface area contributed by atoms with E-state index in [2.05, 4.69) is 16.8 Å². The molecular formula is C21H27N3O3. The van der Waals surface area contributed by atoms with Gasteiger partial charge in [-0.1, -0.05) is 12.1 Å². The molecule has 0 aromatic heterocycles. The number of phenolic OH excluding ortho intramolecular Hbond substituents is 1. The normalized spacial score (nSPS) is 15.5. The van der Waals surface area contributed by atoms with E-state index in [9.17, 15) is 9.90 Å². The average molecular weight is 369 g/mol. The maximum absolute atomic E-state index is 13.1. The van der Waals surface area contributed by atoms with Crippen LogP contribution in [0.25, 0.3) is 0 Å². The Kier molecular flexibility index (Phi) is 6.32. The highest BCUT2D eigenvalue weighted by Crippen LogP contribution is 2.22. The molecule has 0 atom stereocenters. The summed E-state index contributed by atoms with van der Waals surface area (Å²) in [5.74, 6) is 1.05. The molecule has 0 unspecified atom stereocenters. The summed E-state index contributed by atoms with van der Waals surface area (Å²) in [6, 6.07) is 14.5. The molecule has 2 aromatic carbocycles. The lowest BCUT2D eigenvalue weighted by molar-refractivity contribution is -0.120. The second kappa shape index (κ2) is 8.88. The van der Waals surface area contributed by atoms with Crippen molar-refractivity contribution in [3.63, 3.8) is 0 Å². The molecular weight excluding hydrogens is 342 g/mol. The number of hydrogen-bond acceptors (Lipinski definition) is 5. The fraction of sp³-hybridized carbons (Fsp3) is 0.381. The maximum atomic E-state index is 13.1. The molecule has 0 radical (unpaired) electrons. The van der Waals surface area contributed by atoms with Gasteiger partial charge in [-0.2, -0.15) is 0 Å². The van der Waals surface area contributed by atoms with Crippen LogP contribution < -0.4 is 9.64 Å². The standard InChI is InChI=1S/C21H27N3O3/c1-22-11-13-23(14-12-22)16-21(26)24(15-17-3-7-19(25)8-4-17)18-5-9-20(27-2)10-6-18/h3-10,25H,11-16H2,1-2H3. The molecule has 27 heavy (non-hydrogen) atoms. The topological polar surface area (TPSA) is 56.3 Å². The molecule has 2 aromatic rings. The number of hydrogen-bond donors (Lipinski definition) is 1. The predicted octanol–water partition coefficient (Wildman–Crippen LogP) is 2.18. The van der Waals surface area contributed by atoms with Gasteiger partial charge in [0.2, 0.25) is 5.91 Å². The molecule has 1 N–H and O–H groups in total. The smallest absolute Gasteiger partial charge is 0.241 e. The predicted molar refractivity (Wildman–Crippen MR) is 106 cm³/mol. The van der Waals surface area contributed by atoms with E-state index in [0.29, 0.717) is 13.1 Å². The molecule has 144 valence electrons. The third kappa shape index (κ3) is 5.21. The Bertz CT molecular complexity index is 738. The van der Waals surface area contributed by atoms with Crippen molar-refractivity contribution in [1.29, 1.82) is 0 Å². The molecule has 0 saturated carbocycles. The van der Waals surface area contributed by atoms with E-state index in [-0.39, 0.29) is 11.7 Å². The monoisotopic (exact) mass is 369 g/mol. The fourth-order valence-electron chi connectivity index (χ4n) is 3.15. The zero-order chi connectivity index (χ0) is 19.2. The lowest BCUT2D eigenvalue weighted by Crippen LogP contribution is -2.48. The number of rotatable bonds is 6. The number of methoxy groups -OCH3 is 1. The van der Waals surface area contributed by atoms with E-state index in [0.717, 1.165) is 43.2 Å². The average Bonchev–Trinajstić information content (AvgIpc) is 2.69. The molecule has 3 rings (SSSR count). The van der Waals surface area contributed by atoms with Crippen LogP contribution in [0.15, 0.2) is 48.5 Å². The van der Waals surface area contributed by atoms with Crippen LogP contribution in [-0.4, -0.2) is 67.7 Å². The van der Waals surface area contributed by atoms with E-state index in [1.807, 2.05) is 36.4 Å². The van der Waals surface area contributed by atoms with Gasteiger partial charge in [0, 0.05) is 31.9 Å². The molecule has 1 heterocycles. The Labute approximate surface area is 160 Å². The van der Waals surface area contributed by atoms with Crippen molar-refractivity contribution in [3.05, 3.63) is 54.1 Å². The van der Waals surface area contributed by atoms with Crippen LogP contribution in [0.1, 0.15) is 5.56 Å². The van der Waals surface area contributed by atoms with Gasteiger partial charge in [0.15, 0.2) is 0 Å². The van der Waals surface area contributed by atoms with Gasteiger partial charge in [0.25, 0.3) is 0 Å². The van der Waals surface area contributed by atoms with Gasteiger partial charge < -0.3 is 19.6 Å². The molecule has 0 bridgehead atoms. The van der Waals surface area contributed by atoms with Crippen LogP contribution in [0.2, 0.25) is 0 Å². The molecule has 1 fully saturated rings. The molecule has 1 amide bonds. The summed E-state index contributed by atoms with van der Waals surface area (Å²) in [4.78, 5) is 19.4. The van der Waals surface area contributed by atoms with Gasteiger partial charge in [-0.25, -0.2) is 0 Å². The maximum Gasteiger partial charge on any atom is 0.241 e. The van der Waals surface area contributed by atoms with Gasteiger partial charge in [-0.15, -0.1) is 0 Å². The summed E-state index contributed by atoms with van der Waals surface area (Å²) in [5, 5.41) is 9.51. The first-order valence-electron chi connectivity index (χ1n) is 9.18. The summed E-state index contributed by atoms with van der Waals surface area (Å²) in [6.07, 6.45) is 0. The lowest BCUT2D eigenvalue weighted by atomic mass is 10.1. The Balaban J connectivity index is 1.77. The molecule has 6 heteroatoms. The van der Waals surface area contributed by atoms with E-state index in [1.165, 1.54) is 0 Å². The zero-order valence-corrected chi connectivity index (χ0v) is 16.0. The lowest BCUT2D eigenvalue weighted by Gasteiger charge is -2.33. The number of phenols is 1. The number of carbonyl (C=O) groups excluding carboxylic acids is 1. The molecule has 1 saturated heterocycles. The Morgan fingerprint density at radius 1 is 1.04 bits per heavy atom. The first kappa shape index (κ1) is 19.2. The minimum atomic E-state index is 0.0674. The quantitative estimate of drug-likeness (QED) is 0.846. The third-order valence-corrected chi connectivity index (χ3v) is 4.92. The minimum Gasteiger partial charge on any atom is -0.508 e. The van der Waals surface area contributed by atoms with E-state index in [4.69, 9.17) is 4.74 Å². The molecule has 0 aliphatic carbocycles. The number of nitrogens with zero attached hydrogens (tertiary/aromatic N) is 3. The molecule has 1 aliphatic heterocycles. The van der Waals surface area contributed by atoms with Crippen LogP contribution in [0, 0.1) is 0 Å². The fourth-order valence-corrected chi connectivity index (χ4v) is 3.15. The Morgan fingerprint density at radius 3 is 2.26 bits per heavy atom. The van der Waals surface area contributed by atoms with E-state index >= 15 is 0 Å². The highest BCUT2D eigenvalue weighted by atomic mass is 16.5. The number of anilines is 1. The van der Waals surface area contributed by atoms with Crippen molar-refractivity contribution in [2.45, 2.75) is 6.54 Å². The van der Waals surface area contributed by atoms with Crippen molar-refractivity contribution in [1.82, 2.24) is 9.80 Å². The summed E-state index contributed by atoms with van der Waals surface area (Å²) in [6.45, 7) is 4.62. The van der Waals surface area contributed by atoms with Crippen molar-refractivity contribution in [2.75, 3.05) is 51.8 Å². The van der Waals surface area contributed by atoms with Crippen molar-refractivity contribution in [2.24, 2.45) is 0 Å². The summed E-state index contributed by atoms with van der Waals surface area (Å²) < 4.78 is 5.23. The zero-order valence-electron chi connectivity index (χ0n) is 16.0. The van der Waals surface area contributed by atoms with Crippen LogP contribution in [-0.2, 0) is 11.3 Å². The number of piperazine rings is 1. The summed E-state index contributed by atoms with van der Waals surface area (Å²) in [5.41, 5.74) is 1.80. The number of carbonyl (C=O) groups is 1. The van der Waals surface area contributed by atoms with E-state index < -0.39 is 0 Å². The minimum absolute atomic E-state index is 0.0674. The van der Waals surface area contributed by atoms with Crippen LogP contribution in [0.4, 0.5) is 5.69 Å².